The van der Waals surface area contributed by atoms with Gasteiger partial charge in [-0.15, -0.1) is 0 Å². The molecule has 0 saturated heterocycles. The van der Waals surface area contributed by atoms with Gasteiger partial charge in [-0.1, -0.05) is 50.2 Å². The molecule has 1 N–H and O–H groups in total. The van der Waals surface area contributed by atoms with E-state index >= 15 is 0 Å². The molecule has 3 nitrogen and oxygen atoms in total. The van der Waals surface area contributed by atoms with Crippen molar-refractivity contribution >= 4 is 17.2 Å². The van der Waals surface area contributed by atoms with Crippen LogP contribution in [0.5, 0.6) is 0 Å². The minimum Gasteiger partial charge on any atom is -0.355 e. The van der Waals surface area contributed by atoms with E-state index < -0.39 is 5.41 Å². The number of carbonyl (C=O) groups excluding carboxylic acids is 1. The molecule has 0 bridgehead atoms. The summed E-state index contributed by atoms with van der Waals surface area (Å²) in [6.45, 7) is 4.00. The molecule has 1 atom stereocenters. The quantitative estimate of drug-likeness (QED) is 0.475. The predicted octanol–water partition coefficient (Wildman–Crippen LogP) is 5.59. The van der Waals surface area contributed by atoms with Gasteiger partial charge in [0.15, 0.2) is 0 Å². The first-order valence-corrected chi connectivity index (χ1v) is 9.13. The van der Waals surface area contributed by atoms with Crippen LogP contribution in [0.15, 0.2) is 79.1 Å². The van der Waals surface area contributed by atoms with E-state index in [-0.39, 0.29) is 5.92 Å². The van der Waals surface area contributed by atoms with Crippen molar-refractivity contribution in [2.24, 2.45) is 5.41 Å². The van der Waals surface area contributed by atoms with E-state index in [2.05, 4.69) is 46.4 Å². The number of aromatic amines is 1. The number of hydrogen-bond acceptors (Lipinski definition) is 2. The first kappa shape index (κ1) is 17.2. The van der Waals surface area contributed by atoms with Crippen LogP contribution in [0.4, 0.5) is 0 Å². The standard InChI is InChI=1S/C24H22N2O/c1-24(2,16-27)23(18-6-4-3-5-7-18)19-8-9-21-20(14-19)15-22(26-21)17-10-12-25-13-11-17/h3-16,23,26H,1-2H3. The Morgan fingerprint density at radius 2 is 1.67 bits per heavy atom. The van der Waals surface area contributed by atoms with Crippen LogP contribution in [0.1, 0.15) is 30.9 Å². The van der Waals surface area contributed by atoms with Gasteiger partial charge < -0.3 is 9.78 Å². The van der Waals surface area contributed by atoms with Crippen LogP contribution in [0, 0.1) is 5.41 Å². The van der Waals surface area contributed by atoms with Gasteiger partial charge in [0.2, 0.25) is 0 Å². The Kier molecular flexibility index (Phi) is 4.36. The summed E-state index contributed by atoms with van der Waals surface area (Å²) >= 11 is 0. The van der Waals surface area contributed by atoms with E-state index in [1.807, 2.05) is 44.2 Å². The van der Waals surface area contributed by atoms with Crippen LogP contribution in [0.2, 0.25) is 0 Å². The Balaban J connectivity index is 1.82. The normalized spacial score (nSPS) is 12.8. The molecule has 0 fully saturated rings. The molecule has 1 unspecified atom stereocenters. The lowest BCUT2D eigenvalue weighted by Gasteiger charge is -2.30. The molecule has 27 heavy (non-hydrogen) atoms. The number of hydrogen-bond donors (Lipinski definition) is 1. The molecule has 2 aromatic carbocycles. The van der Waals surface area contributed by atoms with Gasteiger partial charge in [-0.25, -0.2) is 0 Å². The lowest BCUT2D eigenvalue weighted by molar-refractivity contribution is -0.115. The van der Waals surface area contributed by atoms with Gasteiger partial charge in [-0.3, -0.25) is 4.98 Å². The van der Waals surface area contributed by atoms with Gasteiger partial charge in [-0.05, 0) is 41.5 Å². The second-order valence-electron chi connectivity index (χ2n) is 7.55. The van der Waals surface area contributed by atoms with E-state index in [9.17, 15) is 4.79 Å². The smallest absolute Gasteiger partial charge is 0.126 e. The molecular formula is C24H22N2O. The topological polar surface area (TPSA) is 45.8 Å². The molecule has 0 amide bonds. The summed E-state index contributed by atoms with van der Waals surface area (Å²) in [5.41, 5.74) is 5.05. The van der Waals surface area contributed by atoms with E-state index in [4.69, 9.17) is 0 Å². The Labute approximate surface area is 159 Å². The molecule has 3 heteroatoms. The summed E-state index contributed by atoms with van der Waals surface area (Å²) in [6.07, 6.45) is 4.66. The summed E-state index contributed by atoms with van der Waals surface area (Å²) in [4.78, 5) is 19.4. The SMILES string of the molecule is CC(C)(C=O)C(c1ccccc1)c1ccc2[nH]c(-c3ccncc3)cc2c1. The Morgan fingerprint density at radius 1 is 0.926 bits per heavy atom. The van der Waals surface area contributed by atoms with Crippen LogP contribution >= 0.6 is 0 Å². The maximum atomic E-state index is 11.9. The molecule has 0 aliphatic heterocycles. The Hall–Kier alpha value is -3.20. The van der Waals surface area contributed by atoms with Crippen LogP contribution in [-0.4, -0.2) is 16.3 Å². The summed E-state index contributed by atoms with van der Waals surface area (Å²) in [6, 6.07) is 22.8. The lowest BCUT2D eigenvalue weighted by Crippen LogP contribution is -2.24. The minimum absolute atomic E-state index is 0.000115. The molecule has 134 valence electrons. The molecule has 0 radical (unpaired) electrons. The average molecular weight is 354 g/mol. The molecule has 0 saturated carbocycles. The summed E-state index contributed by atoms with van der Waals surface area (Å²) in [5.74, 6) is -0.000115. The van der Waals surface area contributed by atoms with Gasteiger partial charge >= 0.3 is 0 Å². The third-order valence-electron chi connectivity index (χ3n) is 5.15. The number of fused-ring (bicyclic) bond motifs is 1. The number of rotatable bonds is 5. The molecule has 0 aliphatic carbocycles. The predicted molar refractivity (Wildman–Crippen MR) is 110 cm³/mol. The number of nitrogens with zero attached hydrogens (tertiary/aromatic N) is 1. The van der Waals surface area contributed by atoms with E-state index in [0.29, 0.717) is 0 Å². The van der Waals surface area contributed by atoms with Crippen molar-refractivity contribution in [2.75, 3.05) is 0 Å². The maximum absolute atomic E-state index is 11.9. The zero-order valence-electron chi connectivity index (χ0n) is 15.5. The van der Waals surface area contributed by atoms with Crippen molar-refractivity contribution in [2.45, 2.75) is 19.8 Å². The van der Waals surface area contributed by atoms with Gasteiger partial charge in [0.05, 0.1) is 0 Å². The summed E-state index contributed by atoms with van der Waals surface area (Å²) in [7, 11) is 0. The average Bonchev–Trinajstić information content (AvgIpc) is 3.13. The zero-order chi connectivity index (χ0) is 18.9. The van der Waals surface area contributed by atoms with Crippen LogP contribution < -0.4 is 0 Å². The zero-order valence-corrected chi connectivity index (χ0v) is 15.5. The summed E-state index contributed by atoms with van der Waals surface area (Å²) in [5, 5.41) is 1.14. The number of carbonyl (C=O) groups is 1. The van der Waals surface area contributed by atoms with E-state index in [1.54, 1.807) is 12.4 Å². The lowest BCUT2D eigenvalue weighted by atomic mass is 9.72. The van der Waals surface area contributed by atoms with Gasteiger partial charge in [0.25, 0.3) is 0 Å². The Bertz CT molecular complexity index is 1070. The first-order valence-electron chi connectivity index (χ1n) is 9.13. The van der Waals surface area contributed by atoms with Crippen molar-refractivity contribution in [3.8, 4) is 11.3 Å². The second-order valence-corrected chi connectivity index (χ2v) is 7.55. The molecule has 0 spiro atoms. The number of aromatic nitrogens is 2. The van der Waals surface area contributed by atoms with Gasteiger partial charge in [0.1, 0.15) is 6.29 Å². The third kappa shape index (κ3) is 3.28. The highest BCUT2D eigenvalue weighted by molar-refractivity contribution is 5.86. The third-order valence-corrected chi connectivity index (χ3v) is 5.15. The van der Waals surface area contributed by atoms with Crippen LogP contribution in [0.3, 0.4) is 0 Å². The molecule has 0 aliphatic rings. The number of aldehydes is 1. The largest absolute Gasteiger partial charge is 0.355 e. The van der Waals surface area contributed by atoms with Crippen molar-refractivity contribution in [1.29, 1.82) is 0 Å². The van der Waals surface area contributed by atoms with Crippen LogP contribution in [-0.2, 0) is 4.79 Å². The first-order chi connectivity index (χ1) is 13.1. The molecule has 2 heterocycles. The fourth-order valence-corrected chi connectivity index (χ4v) is 3.78. The molecule has 4 aromatic rings. The summed E-state index contributed by atoms with van der Waals surface area (Å²) < 4.78 is 0. The van der Waals surface area contributed by atoms with Gasteiger partial charge in [0, 0.05) is 45.9 Å². The van der Waals surface area contributed by atoms with Crippen molar-refractivity contribution in [1.82, 2.24) is 9.97 Å². The van der Waals surface area contributed by atoms with E-state index in [1.165, 1.54) is 0 Å². The number of nitrogens with one attached hydrogen (secondary N) is 1. The van der Waals surface area contributed by atoms with Crippen LogP contribution in [0.25, 0.3) is 22.2 Å². The highest BCUT2D eigenvalue weighted by Crippen LogP contribution is 2.40. The fourth-order valence-electron chi connectivity index (χ4n) is 3.78. The van der Waals surface area contributed by atoms with Crippen molar-refractivity contribution < 1.29 is 4.79 Å². The number of pyridine rings is 1. The molecular weight excluding hydrogens is 332 g/mol. The van der Waals surface area contributed by atoms with E-state index in [0.717, 1.165) is 39.6 Å². The fraction of sp³-hybridized carbons (Fsp3) is 0.167. The minimum atomic E-state index is -0.501. The molecule has 4 rings (SSSR count). The molecule has 2 aromatic heterocycles. The Morgan fingerprint density at radius 3 is 2.37 bits per heavy atom. The van der Waals surface area contributed by atoms with Crippen molar-refractivity contribution in [3.05, 3.63) is 90.3 Å². The second kappa shape index (κ2) is 6.84. The maximum Gasteiger partial charge on any atom is 0.126 e. The monoisotopic (exact) mass is 354 g/mol. The number of H-pyrrole nitrogens is 1. The number of benzene rings is 2. The highest BCUT2D eigenvalue weighted by atomic mass is 16.1. The van der Waals surface area contributed by atoms with Crippen molar-refractivity contribution in [3.63, 3.8) is 0 Å². The van der Waals surface area contributed by atoms with Gasteiger partial charge in [-0.2, -0.15) is 0 Å². The highest BCUT2D eigenvalue weighted by Gasteiger charge is 2.32.